The van der Waals surface area contributed by atoms with Crippen molar-refractivity contribution < 1.29 is 4.79 Å². The molecule has 1 heterocycles. The molecule has 17 heavy (non-hydrogen) atoms. The second-order valence-electron chi connectivity index (χ2n) is 3.62. The summed E-state index contributed by atoms with van der Waals surface area (Å²) in [5.74, 6) is -0.205. The van der Waals surface area contributed by atoms with Crippen LogP contribution in [0.1, 0.15) is 15.9 Å². The Morgan fingerprint density at radius 1 is 1.29 bits per heavy atom. The number of amides is 1. The molecule has 86 valence electrons. The fourth-order valence-corrected chi connectivity index (χ4v) is 1.64. The first kappa shape index (κ1) is 11.6. The normalized spacial score (nSPS) is 10.0. The molecule has 1 N–H and O–H groups in total. The van der Waals surface area contributed by atoms with Crippen LogP contribution in [0.15, 0.2) is 42.7 Å². The van der Waals surface area contributed by atoms with Crippen LogP contribution in [-0.4, -0.2) is 10.9 Å². The quantitative estimate of drug-likeness (QED) is 0.884. The molecule has 3 nitrogen and oxygen atoms in total. The van der Waals surface area contributed by atoms with Crippen molar-refractivity contribution in [3.63, 3.8) is 0 Å². The lowest BCUT2D eigenvalue weighted by Crippen LogP contribution is -2.13. The minimum Gasteiger partial charge on any atom is -0.321 e. The van der Waals surface area contributed by atoms with Gasteiger partial charge in [-0.3, -0.25) is 9.78 Å². The molecule has 0 atom stereocenters. The second-order valence-corrected chi connectivity index (χ2v) is 4.03. The molecule has 0 unspecified atom stereocenters. The van der Waals surface area contributed by atoms with E-state index in [1.54, 1.807) is 30.6 Å². The summed E-state index contributed by atoms with van der Waals surface area (Å²) >= 11 is 5.97. The van der Waals surface area contributed by atoms with Gasteiger partial charge in [-0.1, -0.05) is 23.7 Å². The number of aromatic nitrogens is 1. The van der Waals surface area contributed by atoms with E-state index in [2.05, 4.69) is 10.3 Å². The highest BCUT2D eigenvalue weighted by molar-refractivity contribution is 6.33. The molecule has 0 bridgehead atoms. The van der Waals surface area contributed by atoms with Gasteiger partial charge in [0.1, 0.15) is 0 Å². The molecule has 0 fully saturated rings. The summed E-state index contributed by atoms with van der Waals surface area (Å²) in [6, 6.07) is 8.91. The third-order valence-electron chi connectivity index (χ3n) is 2.41. The van der Waals surface area contributed by atoms with E-state index in [4.69, 9.17) is 11.6 Å². The lowest BCUT2D eigenvalue weighted by molar-refractivity contribution is 0.102. The van der Waals surface area contributed by atoms with Gasteiger partial charge in [-0.05, 0) is 30.7 Å². The van der Waals surface area contributed by atoms with Gasteiger partial charge in [0.15, 0.2) is 0 Å². The number of carbonyl (C=O) groups excluding carboxylic acids is 1. The van der Waals surface area contributed by atoms with Crippen LogP contribution in [0.5, 0.6) is 0 Å². The number of para-hydroxylation sites is 1. The maximum atomic E-state index is 12.0. The number of hydrogen-bond acceptors (Lipinski definition) is 2. The highest BCUT2D eigenvalue weighted by atomic mass is 35.5. The summed E-state index contributed by atoms with van der Waals surface area (Å²) in [6.45, 7) is 1.86. The van der Waals surface area contributed by atoms with Gasteiger partial charge >= 0.3 is 0 Å². The molecule has 1 aromatic carbocycles. The van der Waals surface area contributed by atoms with Crippen molar-refractivity contribution in [2.75, 3.05) is 5.32 Å². The minimum atomic E-state index is -0.205. The molecular weight excluding hydrogens is 236 g/mol. The van der Waals surface area contributed by atoms with Crippen LogP contribution in [0.4, 0.5) is 5.69 Å². The van der Waals surface area contributed by atoms with E-state index in [0.29, 0.717) is 16.3 Å². The Hall–Kier alpha value is -1.87. The molecule has 2 aromatic rings. The van der Waals surface area contributed by atoms with E-state index in [1.807, 2.05) is 19.1 Å². The summed E-state index contributed by atoms with van der Waals surface area (Å²) in [5.41, 5.74) is 2.03. The number of anilines is 1. The van der Waals surface area contributed by atoms with Gasteiger partial charge in [0.05, 0.1) is 16.3 Å². The molecule has 0 radical (unpaired) electrons. The van der Waals surface area contributed by atoms with Gasteiger partial charge in [-0.25, -0.2) is 0 Å². The van der Waals surface area contributed by atoms with Crippen molar-refractivity contribution in [2.45, 2.75) is 6.92 Å². The van der Waals surface area contributed by atoms with E-state index >= 15 is 0 Å². The van der Waals surface area contributed by atoms with Crippen molar-refractivity contribution in [3.8, 4) is 0 Å². The predicted octanol–water partition coefficient (Wildman–Crippen LogP) is 3.30. The van der Waals surface area contributed by atoms with Crippen molar-refractivity contribution in [3.05, 3.63) is 58.9 Å². The van der Waals surface area contributed by atoms with Crippen LogP contribution >= 0.6 is 11.6 Å². The van der Waals surface area contributed by atoms with Crippen LogP contribution in [0, 0.1) is 6.92 Å². The topological polar surface area (TPSA) is 42.0 Å². The first-order valence-corrected chi connectivity index (χ1v) is 5.53. The zero-order valence-electron chi connectivity index (χ0n) is 9.27. The molecule has 1 amide bonds. The number of nitrogens with one attached hydrogen (secondary N) is 1. The largest absolute Gasteiger partial charge is 0.321 e. The molecule has 2 rings (SSSR count). The van der Waals surface area contributed by atoms with E-state index in [-0.39, 0.29) is 5.91 Å². The van der Waals surface area contributed by atoms with Crippen LogP contribution in [0.25, 0.3) is 0 Å². The summed E-state index contributed by atoms with van der Waals surface area (Å²) in [5, 5.41) is 3.27. The highest BCUT2D eigenvalue weighted by Crippen LogP contribution is 2.21. The molecule has 0 saturated carbocycles. The Morgan fingerprint density at radius 2 is 2.06 bits per heavy atom. The lowest BCUT2D eigenvalue weighted by Gasteiger charge is -2.08. The smallest absolute Gasteiger partial charge is 0.257 e. The molecule has 0 aliphatic carbocycles. The molecule has 0 aliphatic heterocycles. The predicted molar refractivity (Wildman–Crippen MR) is 68.4 cm³/mol. The molecule has 0 saturated heterocycles. The standard InChI is InChI=1S/C13H11ClN2O/c1-9-6-7-15-8-10(9)13(17)16-12-5-3-2-4-11(12)14/h2-8H,1H3,(H,16,17). The minimum absolute atomic E-state index is 0.205. The van der Waals surface area contributed by atoms with Gasteiger partial charge in [-0.15, -0.1) is 0 Å². The average Bonchev–Trinajstić information content (AvgIpc) is 2.32. The lowest BCUT2D eigenvalue weighted by atomic mass is 10.1. The molecule has 4 heteroatoms. The molecular formula is C13H11ClN2O. The zero-order valence-corrected chi connectivity index (χ0v) is 10.0. The van der Waals surface area contributed by atoms with Gasteiger partial charge in [0.2, 0.25) is 0 Å². The number of benzene rings is 1. The number of carbonyl (C=O) groups is 1. The Balaban J connectivity index is 2.24. The van der Waals surface area contributed by atoms with Crippen LogP contribution in [-0.2, 0) is 0 Å². The Morgan fingerprint density at radius 3 is 2.76 bits per heavy atom. The van der Waals surface area contributed by atoms with Crippen LogP contribution in [0.3, 0.4) is 0 Å². The summed E-state index contributed by atoms with van der Waals surface area (Å²) in [6.07, 6.45) is 3.20. The number of nitrogens with zero attached hydrogens (tertiary/aromatic N) is 1. The molecule has 0 aliphatic rings. The first-order valence-electron chi connectivity index (χ1n) is 5.15. The van der Waals surface area contributed by atoms with Crippen molar-refractivity contribution >= 4 is 23.2 Å². The fraction of sp³-hybridized carbons (Fsp3) is 0.0769. The summed E-state index contributed by atoms with van der Waals surface area (Å²) in [7, 11) is 0. The van der Waals surface area contributed by atoms with E-state index in [0.717, 1.165) is 5.56 Å². The number of rotatable bonds is 2. The average molecular weight is 247 g/mol. The number of halogens is 1. The van der Waals surface area contributed by atoms with E-state index < -0.39 is 0 Å². The summed E-state index contributed by atoms with van der Waals surface area (Å²) < 4.78 is 0. The van der Waals surface area contributed by atoms with Crippen molar-refractivity contribution in [2.24, 2.45) is 0 Å². The maximum absolute atomic E-state index is 12.0. The van der Waals surface area contributed by atoms with Gasteiger partial charge in [-0.2, -0.15) is 0 Å². The van der Waals surface area contributed by atoms with E-state index in [1.165, 1.54) is 0 Å². The van der Waals surface area contributed by atoms with Crippen LogP contribution in [0.2, 0.25) is 5.02 Å². The monoisotopic (exact) mass is 246 g/mol. The number of pyridine rings is 1. The Labute approximate surface area is 104 Å². The van der Waals surface area contributed by atoms with Gasteiger partial charge < -0.3 is 5.32 Å². The van der Waals surface area contributed by atoms with Crippen molar-refractivity contribution in [1.29, 1.82) is 0 Å². The second kappa shape index (κ2) is 4.97. The maximum Gasteiger partial charge on any atom is 0.257 e. The number of hydrogen-bond donors (Lipinski definition) is 1. The van der Waals surface area contributed by atoms with E-state index in [9.17, 15) is 4.79 Å². The van der Waals surface area contributed by atoms with Gasteiger partial charge in [0, 0.05) is 12.4 Å². The third kappa shape index (κ3) is 2.63. The van der Waals surface area contributed by atoms with Crippen LogP contribution < -0.4 is 5.32 Å². The molecule has 0 spiro atoms. The highest BCUT2D eigenvalue weighted by Gasteiger charge is 2.10. The zero-order chi connectivity index (χ0) is 12.3. The van der Waals surface area contributed by atoms with Crippen molar-refractivity contribution in [1.82, 2.24) is 4.98 Å². The third-order valence-corrected chi connectivity index (χ3v) is 2.74. The fourth-order valence-electron chi connectivity index (χ4n) is 1.45. The Bertz CT molecular complexity index is 555. The Kier molecular flexibility index (Phi) is 3.40. The summed E-state index contributed by atoms with van der Waals surface area (Å²) in [4.78, 5) is 15.9. The first-order chi connectivity index (χ1) is 8.18. The number of aryl methyl sites for hydroxylation is 1. The SMILES string of the molecule is Cc1ccncc1C(=O)Nc1ccccc1Cl. The molecule has 1 aromatic heterocycles. The van der Waals surface area contributed by atoms with Gasteiger partial charge in [0.25, 0.3) is 5.91 Å².